The molecular weight excluding hydrogens is 365 g/mol. The summed E-state index contributed by atoms with van der Waals surface area (Å²) in [5.74, 6) is -1.59. The molecule has 2 aromatic carbocycles. The second kappa shape index (κ2) is 8.08. The van der Waals surface area contributed by atoms with Crippen LogP contribution in [0.25, 0.3) is 0 Å². The highest BCUT2D eigenvalue weighted by Gasteiger charge is 2.48. The third-order valence-electron chi connectivity index (χ3n) is 4.42. The average Bonchev–Trinajstić information content (AvgIpc) is 2.89. The van der Waals surface area contributed by atoms with E-state index in [0.29, 0.717) is 17.9 Å². The van der Waals surface area contributed by atoms with Gasteiger partial charge >= 0.3 is 6.03 Å². The van der Waals surface area contributed by atoms with Crippen LogP contribution in [0.3, 0.4) is 0 Å². The highest BCUT2D eigenvalue weighted by atomic mass is 19.1. The molecule has 7 nitrogen and oxygen atoms in total. The molecule has 2 aromatic rings. The summed E-state index contributed by atoms with van der Waals surface area (Å²) in [5.41, 5.74) is 2.15. The first-order valence-corrected chi connectivity index (χ1v) is 8.76. The maximum absolute atomic E-state index is 13.1. The SMILES string of the molecule is C[C@]1(CCc2ccccc2)NC(=O)N(NC(=O)COc2cccc(F)c2)C1=O. The highest BCUT2D eigenvalue weighted by molar-refractivity contribution is 6.07. The largest absolute Gasteiger partial charge is 0.484 e. The quantitative estimate of drug-likeness (QED) is 0.715. The number of hydrogen-bond donors (Lipinski definition) is 2. The van der Waals surface area contributed by atoms with Gasteiger partial charge in [0.1, 0.15) is 17.1 Å². The second-order valence-corrected chi connectivity index (χ2v) is 6.67. The van der Waals surface area contributed by atoms with Crippen LogP contribution in [0.5, 0.6) is 5.75 Å². The zero-order valence-corrected chi connectivity index (χ0v) is 15.3. The Balaban J connectivity index is 1.56. The van der Waals surface area contributed by atoms with Gasteiger partial charge in [0, 0.05) is 6.07 Å². The molecular formula is C20H20FN3O4. The number of hydrogen-bond acceptors (Lipinski definition) is 4. The Morgan fingerprint density at radius 1 is 1.18 bits per heavy atom. The first-order chi connectivity index (χ1) is 13.4. The number of benzene rings is 2. The normalized spacial score (nSPS) is 18.7. The minimum atomic E-state index is -1.12. The van der Waals surface area contributed by atoms with Crippen molar-refractivity contribution in [1.29, 1.82) is 0 Å². The standard InChI is InChI=1S/C20H20FN3O4/c1-20(11-10-14-6-3-2-4-7-14)18(26)24(19(27)22-20)23-17(25)13-28-16-9-5-8-15(21)12-16/h2-9,12H,10-11,13H2,1H3,(H,22,27)(H,23,25)/t20-/m1/s1. The fourth-order valence-corrected chi connectivity index (χ4v) is 2.86. The maximum atomic E-state index is 13.1. The van der Waals surface area contributed by atoms with E-state index in [2.05, 4.69) is 10.7 Å². The number of rotatable bonds is 7. The van der Waals surface area contributed by atoms with E-state index < -0.39 is 35.8 Å². The first-order valence-electron chi connectivity index (χ1n) is 8.76. The number of carbonyl (C=O) groups is 3. The Hall–Kier alpha value is -3.42. The lowest BCUT2D eigenvalue weighted by molar-refractivity contribution is -0.139. The Bertz CT molecular complexity index is 890. The predicted molar refractivity (Wildman–Crippen MR) is 98.6 cm³/mol. The zero-order chi connectivity index (χ0) is 20.1. The molecule has 8 heteroatoms. The Labute approximate surface area is 161 Å². The molecule has 28 heavy (non-hydrogen) atoms. The average molecular weight is 385 g/mol. The summed E-state index contributed by atoms with van der Waals surface area (Å²) in [7, 11) is 0. The van der Waals surface area contributed by atoms with Crippen LogP contribution >= 0.6 is 0 Å². The first kappa shape index (κ1) is 19.3. The molecule has 2 N–H and O–H groups in total. The van der Waals surface area contributed by atoms with Gasteiger partial charge in [0.2, 0.25) is 0 Å². The van der Waals surface area contributed by atoms with Crippen LogP contribution in [0.15, 0.2) is 54.6 Å². The van der Waals surface area contributed by atoms with E-state index in [1.54, 1.807) is 6.92 Å². The van der Waals surface area contributed by atoms with Gasteiger partial charge in [-0.1, -0.05) is 36.4 Å². The van der Waals surface area contributed by atoms with Crippen molar-refractivity contribution in [2.75, 3.05) is 6.61 Å². The lowest BCUT2D eigenvalue weighted by Gasteiger charge is -2.21. The summed E-state index contributed by atoms with van der Waals surface area (Å²) in [6.45, 7) is 1.15. The Morgan fingerprint density at radius 3 is 2.64 bits per heavy atom. The monoisotopic (exact) mass is 385 g/mol. The van der Waals surface area contributed by atoms with Crippen LogP contribution in [0.2, 0.25) is 0 Å². The minimum Gasteiger partial charge on any atom is -0.484 e. The van der Waals surface area contributed by atoms with Gasteiger partial charge in [0.05, 0.1) is 0 Å². The van der Waals surface area contributed by atoms with E-state index in [-0.39, 0.29) is 5.75 Å². The van der Waals surface area contributed by atoms with Gasteiger partial charge in [0.25, 0.3) is 11.8 Å². The minimum absolute atomic E-state index is 0.167. The zero-order valence-electron chi connectivity index (χ0n) is 15.3. The summed E-state index contributed by atoms with van der Waals surface area (Å²) >= 11 is 0. The summed E-state index contributed by atoms with van der Waals surface area (Å²) < 4.78 is 18.3. The van der Waals surface area contributed by atoms with Gasteiger partial charge < -0.3 is 10.1 Å². The number of imide groups is 1. The van der Waals surface area contributed by atoms with Crippen molar-refractivity contribution in [3.8, 4) is 5.75 Å². The third-order valence-corrected chi connectivity index (χ3v) is 4.42. The van der Waals surface area contributed by atoms with Crippen LogP contribution in [0.4, 0.5) is 9.18 Å². The Kier molecular flexibility index (Phi) is 5.58. The molecule has 0 unspecified atom stereocenters. The molecule has 1 heterocycles. The molecule has 0 aromatic heterocycles. The lowest BCUT2D eigenvalue weighted by atomic mass is 9.93. The van der Waals surface area contributed by atoms with Crippen LogP contribution in [-0.2, 0) is 16.0 Å². The van der Waals surface area contributed by atoms with Crippen LogP contribution in [0.1, 0.15) is 18.9 Å². The molecule has 1 aliphatic heterocycles. The summed E-state index contributed by atoms with van der Waals surface area (Å²) in [5, 5.41) is 3.27. The fraction of sp³-hybridized carbons (Fsp3) is 0.250. The molecule has 146 valence electrons. The number of ether oxygens (including phenoxy) is 1. The van der Waals surface area contributed by atoms with E-state index in [1.807, 2.05) is 30.3 Å². The van der Waals surface area contributed by atoms with E-state index in [0.717, 1.165) is 11.6 Å². The highest BCUT2D eigenvalue weighted by Crippen LogP contribution is 2.22. The maximum Gasteiger partial charge on any atom is 0.344 e. The number of aryl methyl sites for hydroxylation is 1. The smallest absolute Gasteiger partial charge is 0.344 e. The number of urea groups is 1. The third kappa shape index (κ3) is 4.46. The van der Waals surface area contributed by atoms with Gasteiger partial charge in [-0.15, -0.1) is 0 Å². The molecule has 1 saturated heterocycles. The van der Waals surface area contributed by atoms with Crippen LogP contribution in [0, 0.1) is 5.82 Å². The van der Waals surface area contributed by atoms with Crippen molar-refractivity contribution in [1.82, 2.24) is 15.8 Å². The van der Waals surface area contributed by atoms with Crippen molar-refractivity contribution in [3.05, 3.63) is 66.0 Å². The van der Waals surface area contributed by atoms with Crippen molar-refractivity contribution in [2.24, 2.45) is 0 Å². The van der Waals surface area contributed by atoms with E-state index in [4.69, 9.17) is 4.74 Å². The van der Waals surface area contributed by atoms with Gasteiger partial charge in [-0.25, -0.2) is 9.18 Å². The number of nitrogens with one attached hydrogen (secondary N) is 2. The number of nitrogens with zero attached hydrogens (tertiary/aromatic N) is 1. The summed E-state index contributed by atoms with van der Waals surface area (Å²) in [4.78, 5) is 36.8. The summed E-state index contributed by atoms with van der Waals surface area (Å²) in [6.07, 6.45) is 0.974. The molecule has 0 bridgehead atoms. The predicted octanol–water partition coefficient (Wildman–Crippen LogP) is 2.18. The van der Waals surface area contributed by atoms with E-state index in [9.17, 15) is 18.8 Å². The molecule has 0 saturated carbocycles. The van der Waals surface area contributed by atoms with Crippen LogP contribution < -0.4 is 15.5 Å². The molecule has 0 radical (unpaired) electrons. The van der Waals surface area contributed by atoms with Crippen molar-refractivity contribution < 1.29 is 23.5 Å². The van der Waals surface area contributed by atoms with Gasteiger partial charge in [-0.3, -0.25) is 15.0 Å². The van der Waals surface area contributed by atoms with Crippen molar-refractivity contribution in [2.45, 2.75) is 25.3 Å². The number of amides is 4. The molecule has 3 rings (SSSR count). The number of carbonyl (C=O) groups excluding carboxylic acids is 3. The van der Waals surface area contributed by atoms with E-state index >= 15 is 0 Å². The van der Waals surface area contributed by atoms with Crippen molar-refractivity contribution >= 4 is 17.8 Å². The molecule has 1 fully saturated rings. The molecule has 0 spiro atoms. The van der Waals surface area contributed by atoms with Gasteiger partial charge in [-0.2, -0.15) is 5.01 Å². The lowest BCUT2D eigenvalue weighted by Crippen LogP contribution is -2.50. The molecule has 1 aliphatic rings. The molecule has 1 atom stereocenters. The van der Waals surface area contributed by atoms with Crippen LogP contribution in [-0.4, -0.2) is 35.0 Å². The number of halogens is 1. The topological polar surface area (TPSA) is 87.7 Å². The number of hydrazine groups is 1. The Morgan fingerprint density at radius 2 is 1.93 bits per heavy atom. The molecule has 4 amide bonds. The molecule has 0 aliphatic carbocycles. The van der Waals surface area contributed by atoms with Gasteiger partial charge in [-0.05, 0) is 37.5 Å². The summed E-state index contributed by atoms with van der Waals surface area (Å²) in [6, 6.07) is 14.2. The van der Waals surface area contributed by atoms with E-state index in [1.165, 1.54) is 18.2 Å². The van der Waals surface area contributed by atoms with Crippen molar-refractivity contribution in [3.63, 3.8) is 0 Å². The second-order valence-electron chi connectivity index (χ2n) is 6.67. The fourth-order valence-electron chi connectivity index (χ4n) is 2.86. The van der Waals surface area contributed by atoms with Gasteiger partial charge in [0.15, 0.2) is 6.61 Å².